The van der Waals surface area contributed by atoms with Gasteiger partial charge in [0.05, 0.1) is 11.3 Å². The summed E-state index contributed by atoms with van der Waals surface area (Å²) in [7, 11) is 0. The Bertz CT molecular complexity index is 792. The predicted octanol–water partition coefficient (Wildman–Crippen LogP) is 4.46. The Morgan fingerprint density at radius 3 is 2.48 bits per heavy atom. The summed E-state index contributed by atoms with van der Waals surface area (Å²) in [6, 6.07) is 12.2. The second-order valence-electron chi connectivity index (χ2n) is 5.80. The number of nitrogens with one attached hydrogen (secondary N) is 2. The van der Waals surface area contributed by atoms with E-state index in [0.717, 1.165) is 12.1 Å². The van der Waals surface area contributed by atoms with E-state index < -0.39 is 5.95 Å². The van der Waals surface area contributed by atoms with Crippen molar-refractivity contribution in [2.45, 2.75) is 40.2 Å². The average molecular weight is 370 g/mol. The van der Waals surface area contributed by atoms with Gasteiger partial charge in [-0.25, -0.2) is 10.4 Å². The van der Waals surface area contributed by atoms with Gasteiger partial charge in [-0.15, -0.1) is 0 Å². The first-order valence-corrected chi connectivity index (χ1v) is 9.41. The third-order valence-electron chi connectivity index (χ3n) is 4.13. The lowest BCUT2D eigenvalue weighted by Gasteiger charge is -2.22. The molecule has 0 saturated carbocycles. The molecule has 27 heavy (non-hydrogen) atoms. The van der Waals surface area contributed by atoms with E-state index in [1.54, 1.807) is 36.4 Å². The number of hydrazine groups is 1. The summed E-state index contributed by atoms with van der Waals surface area (Å²) in [5, 5.41) is 4.54. The Hall–Kier alpha value is -2.73. The second-order valence-corrected chi connectivity index (χ2v) is 5.80. The molecule has 0 fully saturated rings. The Morgan fingerprint density at radius 1 is 1.19 bits per heavy atom. The molecule has 3 rings (SSSR count). The highest BCUT2D eigenvalue weighted by Gasteiger charge is 2.24. The fraction of sp³-hybridized carbons (Fsp3) is 0.333. The first-order chi connectivity index (χ1) is 13.1. The third kappa shape index (κ3) is 4.92. The first kappa shape index (κ1) is 20.6. The number of amides is 1. The number of carbonyl (C=O) groups is 1. The average Bonchev–Trinajstić information content (AvgIpc) is 3.13. The predicted molar refractivity (Wildman–Crippen MR) is 108 cm³/mol. The van der Waals surface area contributed by atoms with Crippen LogP contribution in [0.5, 0.6) is 0 Å². The van der Waals surface area contributed by atoms with E-state index in [4.69, 9.17) is 0 Å². The van der Waals surface area contributed by atoms with Crippen molar-refractivity contribution in [1.29, 1.82) is 0 Å². The van der Waals surface area contributed by atoms with Crippen LogP contribution in [-0.4, -0.2) is 28.5 Å². The van der Waals surface area contributed by atoms with Crippen molar-refractivity contribution in [3.63, 3.8) is 0 Å². The lowest BCUT2D eigenvalue weighted by Crippen LogP contribution is -2.36. The fourth-order valence-electron chi connectivity index (χ4n) is 2.77. The van der Waals surface area contributed by atoms with E-state index >= 15 is 0 Å². The molecule has 0 aliphatic carbocycles. The lowest BCUT2D eigenvalue weighted by molar-refractivity contribution is 0.102. The van der Waals surface area contributed by atoms with Gasteiger partial charge in [-0.05, 0) is 43.7 Å². The van der Waals surface area contributed by atoms with Crippen molar-refractivity contribution in [2.75, 3.05) is 11.9 Å². The number of rotatable bonds is 5. The number of hydrogen-bond donors (Lipinski definition) is 2. The molecule has 1 aromatic heterocycles. The maximum Gasteiger partial charge on any atom is 0.256 e. The van der Waals surface area contributed by atoms with Gasteiger partial charge in [0.15, 0.2) is 0 Å². The SMILES string of the molecule is CC.CCC1C=C(c2ccc(NC(=O)c3ccccc3)nc2F)N(CC)N1. The van der Waals surface area contributed by atoms with Gasteiger partial charge < -0.3 is 10.3 Å². The van der Waals surface area contributed by atoms with Crippen LogP contribution in [-0.2, 0) is 0 Å². The topological polar surface area (TPSA) is 57.3 Å². The number of anilines is 1. The van der Waals surface area contributed by atoms with Crippen molar-refractivity contribution in [3.05, 3.63) is 65.6 Å². The summed E-state index contributed by atoms with van der Waals surface area (Å²) in [5.74, 6) is -0.728. The summed E-state index contributed by atoms with van der Waals surface area (Å²) in [4.78, 5) is 16.1. The zero-order chi connectivity index (χ0) is 19.8. The van der Waals surface area contributed by atoms with Crippen LogP contribution < -0.4 is 10.7 Å². The molecule has 0 spiro atoms. The molecule has 2 N–H and O–H groups in total. The smallest absolute Gasteiger partial charge is 0.256 e. The van der Waals surface area contributed by atoms with Gasteiger partial charge in [0.25, 0.3) is 5.91 Å². The molecule has 0 bridgehead atoms. The molecule has 6 heteroatoms. The maximum absolute atomic E-state index is 14.5. The van der Waals surface area contributed by atoms with Crippen LogP contribution in [0.4, 0.5) is 10.2 Å². The standard InChI is InChI=1S/C19H21FN4O.C2H6/c1-3-14-12-16(24(4-2)23-14)15-10-11-17(21-18(15)20)22-19(25)13-8-6-5-7-9-13;1-2/h5-12,14,23H,3-4H2,1-2H3,(H,21,22,25);1-2H3. The van der Waals surface area contributed by atoms with E-state index in [9.17, 15) is 9.18 Å². The number of halogens is 1. The van der Waals surface area contributed by atoms with Gasteiger partial charge in [-0.3, -0.25) is 4.79 Å². The van der Waals surface area contributed by atoms with Crippen LogP contribution >= 0.6 is 0 Å². The molecule has 1 amide bonds. The van der Waals surface area contributed by atoms with E-state index in [-0.39, 0.29) is 17.8 Å². The van der Waals surface area contributed by atoms with Crippen LogP contribution in [0.1, 0.15) is 50.0 Å². The summed E-state index contributed by atoms with van der Waals surface area (Å²) in [6.45, 7) is 8.79. The zero-order valence-electron chi connectivity index (χ0n) is 16.3. The molecular formula is C21H27FN4O. The van der Waals surface area contributed by atoms with Gasteiger partial charge >= 0.3 is 0 Å². The van der Waals surface area contributed by atoms with Crippen LogP contribution in [0.15, 0.2) is 48.5 Å². The minimum absolute atomic E-state index is 0.187. The Morgan fingerprint density at radius 2 is 1.89 bits per heavy atom. The fourth-order valence-corrected chi connectivity index (χ4v) is 2.77. The van der Waals surface area contributed by atoms with Crippen LogP contribution in [0, 0.1) is 5.95 Å². The van der Waals surface area contributed by atoms with E-state index in [0.29, 0.717) is 17.7 Å². The van der Waals surface area contributed by atoms with Crippen molar-refractivity contribution in [2.24, 2.45) is 0 Å². The number of benzene rings is 1. The normalized spacial score (nSPS) is 15.7. The summed E-state index contributed by atoms with van der Waals surface area (Å²) in [5.41, 5.74) is 5.01. The highest BCUT2D eigenvalue weighted by Crippen LogP contribution is 2.26. The minimum atomic E-state index is -0.603. The Balaban J connectivity index is 0.00000126. The van der Waals surface area contributed by atoms with E-state index in [1.165, 1.54) is 0 Å². The monoisotopic (exact) mass is 370 g/mol. The van der Waals surface area contributed by atoms with Crippen molar-refractivity contribution in [3.8, 4) is 0 Å². The molecule has 1 atom stereocenters. The summed E-state index contributed by atoms with van der Waals surface area (Å²) >= 11 is 0. The van der Waals surface area contributed by atoms with Gasteiger partial charge in [-0.1, -0.05) is 39.0 Å². The van der Waals surface area contributed by atoms with Crippen LogP contribution in [0.3, 0.4) is 0 Å². The van der Waals surface area contributed by atoms with Gasteiger partial charge in [0.2, 0.25) is 5.95 Å². The van der Waals surface area contributed by atoms with Crippen molar-refractivity contribution >= 4 is 17.4 Å². The summed E-state index contributed by atoms with van der Waals surface area (Å²) in [6.07, 6.45) is 2.92. The van der Waals surface area contributed by atoms with Gasteiger partial charge in [0.1, 0.15) is 5.82 Å². The number of pyridine rings is 1. The van der Waals surface area contributed by atoms with E-state index in [2.05, 4.69) is 22.7 Å². The zero-order valence-corrected chi connectivity index (χ0v) is 16.3. The molecular weight excluding hydrogens is 343 g/mol. The molecule has 2 heterocycles. The number of nitrogens with zero attached hydrogens (tertiary/aromatic N) is 2. The van der Waals surface area contributed by atoms with Gasteiger partial charge in [0, 0.05) is 18.2 Å². The second kappa shape index (κ2) is 9.83. The Labute approximate surface area is 160 Å². The highest BCUT2D eigenvalue weighted by atomic mass is 19.1. The molecule has 5 nitrogen and oxygen atoms in total. The number of hydrogen-bond acceptors (Lipinski definition) is 4. The third-order valence-corrected chi connectivity index (χ3v) is 4.13. The molecule has 0 radical (unpaired) electrons. The quantitative estimate of drug-likeness (QED) is 0.763. The Kier molecular flexibility index (Phi) is 7.49. The minimum Gasteiger partial charge on any atom is -0.308 e. The molecule has 2 aromatic rings. The molecule has 1 aromatic carbocycles. The molecule has 144 valence electrons. The molecule has 1 aliphatic rings. The molecule has 0 saturated heterocycles. The maximum atomic E-state index is 14.5. The molecule has 1 unspecified atom stereocenters. The van der Waals surface area contributed by atoms with E-state index in [1.807, 2.05) is 37.9 Å². The lowest BCUT2D eigenvalue weighted by atomic mass is 10.1. The van der Waals surface area contributed by atoms with Crippen LogP contribution in [0.2, 0.25) is 0 Å². The highest BCUT2D eigenvalue weighted by molar-refractivity contribution is 6.03. The number of aromatic nitrogens is 1. The summed E-state index contributed by atoms with van der Waals surface area (Å²) < 4.78 is 14.5. The first-order valence-electron chi connectivity index (χ1n) is 9.41. The largest absolute Gasteiger partial charge is 0.308 e. The van der Waals surface area contributed by atoms with Crippen LogP contribution in [0.25, 0.3) is 5.70 Å². The van der Waals surface area contributed by atoms with Crippen molar-refractivity contribution in [1.82, 2.24) is 15.4 Å². The van der Waals surface area contributed by atoms with Gasteiger partial charge in [-0.2, -0.15) is 4.39 Å². The molecule has 1 aliphatic heterocycles. The number of carbonyl (C=O) groups excluding carboxylic acids is 1. The van der Waals surface area contributed by atoms with Crippen molar-refractivity contribution < 1.29 is 9.18 Å².